The maximum absolute atomic E-state index is 14.1. The summed E-state index contributed by atoms with van der Waals surface area (Å²) >= 11 is 0. The molecule has 9 atom stereocenters. The highest BCUT2D eigenvalue weighted by Crippen LogP contribution is 2.78. The summed E-state index contributed by atoms with van der Waals surface area (Å²) < 4.78 is 22.3. The number of rotatable bonds is 5. The number of ketones is 1. The Kier molecular flexibility index (Phi) is 5.22. The fraction of sp³-hybridized carbons (Fsp3) is 0.667. The van der Waals surface area contributed by atoms with E-state index in [1.54, 1.807) is 12.3 Å². The minimum atomic E-state index is -1.08. The molecule has 1 N–H and O–H groups in total. The number of methoxy groups -OCH3 is 1. The maximum Gasteiger partial charge on any atom is 0.339 e. The van der Waals surface area contributed by atoms with Gasteiger partial charge in [-0.3, -0.25) is 9.59 Å². The van der Waals surface area contributed by atoms with Gasteiger partial charge in [0, 0.05) is 22.8 Å². The Morgan fingerprint density at radius 1 is 1.29 bits per heavy atom. The van der Waals surface area contributed by atoms with E-state index in [2.05, 4.69) is 6.58 Å². The van der Waals surface area contributed by atoms with Gasteiger partial charge in [0.2, 0.25) is 0 Å². The number of esters is 2. The molecule has 0 radical (unpaired) electrons. The first-order valence-electron chi connectivity index (χ1n) is 12.2. The van der Waals surface area contributed by atoms with E-state index in [0.29, 0.717) is 12.8 Å². The second-order valence-corrected chi connectivity index (χ2v) is 11.5. The average Bonchev–Trinajstić information content (AvgIpc) is 3.38. The van der Waals surface area contributed by atoms with Gasteiger partial charge in [-0.1, -0.05) is 26.0 Å². The summed E-state index contributed by atoms with van der Waals surface area (Å²) in [5, 5.41) is 11.5. The highest BCUT2D eigenvalue weighted by molar-refractivity contribution is 5.93. The molecule has 4 aliphatic rings. The van der Waals surface area contributed by atoms with Gasteiger partial charge in [0.25, 0.3) is 0 Å². The van der Waals surface area contributed by atoms with Crippen LogP contribution in [0, 0.1) is 28.1 Å². The van der Waals surface area contributed by atoms with Crippen LogP contribution in [-0.4, -0.2) is 47.7 Å². The minimum Gasteiger partial charge on any atom is -0.472 e. The zero-order chi connectivity index (χ0) is 25.6. The number of furan rings is 1. The van der Waals surface area contributed by atoms with Gasteiger partial charge in [-0.2, -0.15) is 0 Å². The third-order valence-electron chi connectivity index (χ3n) is 10.1. The van der Waals surface area contributed by atoms with Gasteiger partial charge >= 0.3 is 11.9 Å². The van der Waals surface area contributed by atoms with Crippen molar-refractivity contribution < 1.29 is 38.1 Å². The molecule has 0 amide bonds. The lowest BCUT2D eigenvalue weighted by molar-refractivity contribution is -0.219. The first-order valence-corrected chi connectivity index (χ1v) is 12.2. The van der Waals surface area contributed by atoms with Crippen LogP contribution in [0.1, 0.15) is 65.0 Å². The molecule has 8 heteroatoms. The molecule has 2 aliphatic heterocycles. The van der Waals surface area contributed by atoms with Crippen molar-refractivity contribution in [3.63, 3.8) is 0 Å². The molecule has 1 spiro atoms. The van der Waals surface area contributed by atoms with E-state index >= 15 is 0 Å². The molecular formula is C27H34O8. The summed E-state index contributed by atoms with van der Waals surface area (Å²) in [6, 6.07) is 1.78. The van der Waals surface area contributed by atoms with Crippen LogP contribution in [0.15, 0.2) is 35.2 Å². The van der Waals surface area contributed by atoms with Crippen LogP contribution in [0.5, 0.6) is 0 Å². The average molecular weight is 487 g/mol. The van der Waals surface area contributed by atoms with Crippen molar-refractivity contribution >= 4 is 17.7 Å². The van der Waals surface area contributed by atoms with Gasteiger partial charge in [0.1, 0.15) is 17.5 Å². The Hall–Kier alpha value is -2.45. The minimum absolute atomic E-state index is 0.00712. The summed E-state index contributed by atoms with van der Waals surface area (Å²) in [6.07, 6.45) is 1.71. The van der Waals surface area contributed by atoms with Crippen molar-refractivity contribution in [2.75, 3.05) is 7.11 Å². The topological polar surface area (TPSA) is 116 Å². The zero-order valence-electron chi connectivity index (χ0n) is 21.0. The first kappa shape index (κ1) is 24.3. The van der Waals surface area contributed by atoms with Gasteiger partial charge in [0.15, 0.2) is 6.10 Å². The van der Waals surface area contributed by atoms with E-state index in [1.165, 1.54) is 13.4 Å². The van der Waals surface area contributed by atoms with E-state index in [4.69, 9.17) is 18.6 Å². The molecule has 2 saturated carbocycles. The molecule has 4 fully saturated rings. The number of allylic oxidation sites excluding steroid dienone is 1. The number of ether oxygens (including phenoxy) is 3. The lowest BCUT2D eigenvalue weighted by Crippen LogP contribution is -2.71. The van der Waals surface area contributed by atoms with Gasteiger partial charge < -0.3 is 23.7 Å². The lowest BCUT2D eigenvalue weighted by Gasteiger charge is -2.65. The Morgan fingerprint density at radius 3 is 2.60 bits per heavy atom. The van der Waals surface area contributed by atoms with E-state index in [0.717, 1.165) is 11.1 Å². The quantitative estimate of drug-likeness (QED) is 0.382. The molecule has 0 bridgehead atoms. The normalized spacial score (nSPS) is 44.9. The molecule has 3 heterocycles. The molecule has 8 nitrogen and oxygen atoms in total. The molecule has 35 heavy (non-hydrogen) atoms. The Bertz CT molecular complexity index is 1090. The third kappa shape index (κ3) is 2.78. The smallest absolute Gasteiger partial charge is 0.339 e. The van der Waals surface area contributed by atoms with Crippen LogP contribution in [0.4, 0.5) is 0 Å². The number of aliphatic hydroxyl groups is 1. The summed E-state index contributed by atoms with van der Waals surface area (Å²) in [5.74, 6) is -1.69. The molecule has 1 aromatic rings. The van der Waals surface area contributed by atoms with Gasteiger partial charge in [-0.05, 0) is 44.6 Å². The molecule has 1 aromatic heterocycles. The van der Waals surface area contributed by atoms with E-state index < -0.39 is 52.1 Å². The number of aliphatic hydroxyl groups excluding tert-OH is 1. The van der Waals surface area contributed by atoms with Crippen molar-refractivity contribution in [1.29, 1.82) is 0 Å². The summed E-state index contributed by atoms with van der Waals surface area (Å²) in [7, 11) is 1.29. The number of Topliss-reactive ketones (excluding diaryl/α,β-unsaturated/α-hetero) is 1. The largest absolute Gasteiger partial charge is 0.472 e. The van der Waals surface area contributed by atoms with E-state index in [9.17, 15) is 19.5 Å². The molecule has 0 aromatic carbocycles. The van der Waals surface area contributed by atoms with Gasteiger partial charge in [-0.15, -0.1) is 0 Å². The summed E-state index contributed by atoms with van der Waals surface area (Å²) in [6.45, 7) is 11.9. The summed E-state index contributed by atoms with van der Waals surface area (Å²) in [4.78, 5) is 39.4. The van der Waals surface area contributed by atoms with Crippen molar-refractivity contribution in [1.82, 2.24) is 0 Å². The highest BCUT2D eigenvalue weighted by atomic mass is 16.7. The maximum atomic E-state index is 14.1. The first-order chi connectivity index (χ1) is 16.4. The molecular weight excluding hydrogens is 452 g/mol. The number of cyclic esters (lactones) is 1. The van der Waals surface area contributed by atoms with Crippen molar-refractivity contribution in [2.24, 2.45) is 28.1 Å². The molecule has 0 unspecified atom stereocenters. The van der Waals surface area contributed by atoms with Gasteiger partial charge in [-0.25, -0.2) is 4.79 Å². The lowest BCUT2D eigenvalue weighted by atomic mass is 9.37. The molecule has 2 aliphatic carbocycles. The number of hydrogen-bond donors (Lipinski definition) is 1. The molecule has 190 valence electrons. The van der Waals surface area contributed by atoms with E-state index in [1.807, 2.05) is 27.7 Å². The second kappa shape index (κ2) is 7.53. The van der Waals surface area contributed by atoms with Crippen LogP contribution in [0.3, 0.4) is 0 Å². The number of fused-ring (bicyclic) bond motifs is 1. The Morgan fingerprint density at radius 2 is 2.00 bits per heavy atom. The fourth-order valence-electron chi connectivity index (χ4n) is 8.28. The predicted molar refractivity (Wildman–Crippen MR) is 123 cm³/mol. The Balaban J connectivity index is 1.66. The molecule has 2 saturated heterocycles. The third-order valence-corrected chi connectivity index (χ3v) is 10.1. The monoisotopic (exact) mass is 486 g/mol. The van der Waals surface area contributed by atoms with Crippen LogP contribution in [0.25, 0.3) is 0 Å². The van der Waals surface area contributed by atoms with Gasteiger partial charge in [0.05, 0.1) is 37.6 Å². The number of carbonyl (C=O) groups is 3. The fourth-order valence-corrected chi connectivity index (χ4v) is 8.28. The predicted octanol–water partition coefficient (Wildman–Crippen LogP) is 3.53. The van der Waals surface area contributed by atoms with Crippen molar-refractivity contribution in [2.45, 2.75) is 77.3 Å². The Labute approximate surface area is 205 Å². The van der Waals surface area contributed by atoms with Crippen LogP contribution >= 0.6 is 0 Å². The standard InChI is InChI=1S/C27H34O8/c1-14(2)16-11-19(29)26(5)17(25(16,4)18(28)12-20(30)32-6)7-9-24(3)21(15-8-10-33-13-15)34-23(31)22-27(24,26)35-22/h8,10,13,16-18,21-22,28H,1,7,9,11-12H2,2-6H3/t16-,17+,18-,21-,22+,24-,25-,26-,27+/m0/s1. The van der Waals surface area contributed by atoms with Crippen LogP contribution in [-0.2, 0) is 28.6 Å². The highest BCUT2D eigenvalue weighted by Gasteiger charge is 2.88. The molecule has 5 rings (SSSR count). The zero-order valence-corrected chi connectivity index (χ0v) is 21.0. The van der Waals surface area contributed by atoms with Crippen LogP contribution < -0.4 is 0 Å². The van der Waals surface area contributed by atoms with Crippen molar-refractivity contribution in [3.8, 4) is 0 Å². The SMILES string of the molecule is C=C(C)[C@@H]1CC(=O)[C@]2(C)[C@H](CC[C@@]3(C)[C@H](c4ccoc4)OC(=O)[C@H]4O[C@]432)[C@@]1(C)[C@@H](O)CC(=O)OC. The second-order valence-electron chi connectivity index (χ2n) is 11.5. The number of carbonyl (C=O) groups excluding carboxylic acids is 3. The van der Waals surface area contributed by atoms with Crippen molar-refractivity contribution in [3.05, 3.63) is 36.3 Å². The van der Waals surface area contributed by atoms with E-state index in [-0.39, 0.29) is 30.5 Å². The van der Waals surface area contributed by atoms with Crippen LogP contribution in [0.2, 0.25) is 0 Å². The number of epoxide rings is 1. The number of hydrogen-bond acceptors (Lipinski definition) is 8. The summed E-state index contributed by atoms with van der Waals surface area (Å²) in [5.41, 5.74) is -2.19.